The van der Waals surface area contributed by atoms with Crippen molar-refractivity contribution in [2.45, 2.75) is 32.7 Å². The zero-order chi connectivity index (χ0) is 14.3. The first-order chi connectivity index (χ1) is 9.48. The maximum atomic E-state index is 13.4. The minimum Gasteiger partial charge on any atom is -0.398 e. The molecule has 20 heavy (non-hydrogen) atoms. The second-order valence-electron chi connectivity index (χ2n) is 5.68. The summed E-state index contributed by atoms with van der Waals surface area (Å²) in [6.45, 7) is 2.81. The molecular weight excluding hydrogens is 264 g/mol. The average molecular weight is 279 g/mol. The lowest BCUT2D eigenvalue weighted by Crippen LogP contribution is -2.31. The fourth-order valence-electron chi connectivity index (χ4n) is 2.56. The Labute approximate surface area is 114 Å². The summed E-state index contributed by atoms with van der Waals surface area (Å²) < 4.78 is 28.1. The summed E-state index contributed by atoms with van der Waals surface area (Å²) in [7, 11) is 0. The molecule has 1 saturated carbocycles. The molecule has 0 atom stereocenters. The third-order valence-electron chi connectivity index (χ3n) is 3.96. The first-order valence-corrected chi connectivity index (χ1v) is 6.50. The van der Waals surface area contributed by atoms with Crippen LogP contribution in [-0.2, 0) is 6.54 Å². The average Bonchev–Trinajstić information content (AvgIpc) is 2.80. The molecule has 1 aliphatic rings. The molecule has 1 fully saturated rings. The van der Waals surface area contributed by atoms with Gasteiger partial charge in [0.05, 0.1) is 6.54 Å². The molecule has 0 radical (unpaired) electrons. The predicted octanol–water partition coefficient (Wildman–Crippen LogP) is 2.39. The molecular formula is C13H15F2N5. The number of nitrogen functional groups attached to an aromatic ring is 1. The molecule has 1 heterocycles. The lowest BCUT2D eigenvalue weighted by atomic mass is 9.70. The highest BCUT2D eigenvalue weighted by Gasteiger charge is 2.33. The zero-order valence-electron chi connectivity index (χ0n) is 11.1. The zero-order valence-corrected chi connectivity index (χ0v) is 11.1. The van der Waals surface area contributed by atoms with Crippen LogP contribution in [-0.4, -0.2) is 20.2 Å². The van der Waals surface area contributed by atoms with Crippen LogP contribution in [0.5, 0.6) is 0 Å². The standard InChI is InChI=1S/C13H15F2N5/c1-13(3-2-4-13)7-20-12(17-18-19-20)8-5-9(14)10(15)6-11(8)16/h5-6H,2-4,7,16H2,1H3. The largest absolute Gasteiger partial charge is 0.398 e. The maximum absolute atomic E-state index is 13.4. The molecule has 2 aromatic rings. The summed E-state index contributed by atoms with van der Waals surface area (Å²) in [5.74, 6) is -1.57. The van der Waals surface area contributed by atoms with Crippen molar-refractivity contribution >= 4 is 5.69 Å². The number of nitrogens with zero attached hydrogens (tertiary/aromatic N) is 4. The van der Waals surface area contributed by atoms with E-state index in [-0.39, 0.29) is 11.1 Å². The lowest BCUT2D eigenvalue weighted by Gasteiger charge is -2.38. The highest BCUT2D eigenvalue weighted by Crippen LogP contribution is 2.42. The second-order valence-corrected chi connectivity index (χ2v) is 5.68. The van der Waals surface area contributed by atoms with Crippen molar-refractivity contribution < 1.29 is 8.78 Å². The molecule has 0 unspecified atom stereocenters. The van der Waals surface area contributed by atoms with Gasteiger partial charge in [0, 0.05) is 17.3 Å². The Morgan fingerprint density at radius 2 is 2.00 bits per heavy atom. The maximum Gasteiger partial charge on any atom is 0.184 e. The van der Waals surface area contributed by atoms with Gasteiger partial charge >= 0.3 is 0 Å². The highest BCUT2D eigenvalue weighted by atomic mass is 19.2. The summed E-state index contributed by atoms with van der Waals surface area (Å²) in [5, 5.41) is 11.5. The van der Waals surface area contributed by atoms with E-state index in [1.807, 2.05) is 0 Å². The molecule has 0 bridgehead atoms. The van der Waals surface area contributed by atoms with Crippen molar-refractivity contribution in [2.75, 3.05) is 5.73 Å². The van der Waals surface area contributed by atoms with Crippen LogP contribution >= 0.6 is 0 Å². The van der Waals surface area contributed by atoms with Crippen molar-refractivity contribution in [3.05, 3.63) is 23.8 Å². The van der Waals surface area contributed by atoms with E-state index in [1.165, 1.54) is 6.42 Å². The minimum atomic E-state index is -0.976. The normalized spacial score (nSPS) is 16.9. The molecule has 0 amide bonds. The van der Waals surface area contributed by atoms with Crippen molar-refractivity contribution in [2.24, 2.45) is 5.41 Å². The SMILES string of the molecule is CC1(Cn2nnnc2-c2cc(F)c(F)cc2N)CCC1. The Balaban J connectivity index is 1.99. The van der Waals surface area contributed by atoms with Crippen LogP contribution in [0, 0.1) is 17.0 Å². The number of halogens is 2. The Morgan fingerprint density at radius 3 is 2.65 bits per heavy atom. The smallest absolute Gasteiger partial charge is 0.184 e. The number of anilines is 1. The van der Waals surface area contributed by atoms with Gasteiger partial charge < -0.3 is 5.73 Å². The molecule has 0 aliphatic heterocycles. The van der Waals surface area contributed by atoms with E-state index < -0.39 is 11.6 Å². The number of hydrogen-bond acceptors (Lipinski definition) is 4. The third-order valence-corrected chi connectivity index (χ3v) is 3.96. The number of hydrogen-bond donors (Lipinski definition) is 1. The Kier molecular flexibility index (Phi) is 2.92. The fourth-order valence-corrected chi connectivity index (χ4v) is 2.56. The minimum absolute atomic E-state index is 0.124. The van der Waals surface area contributed by atoms with Gasteiger partial charge in [0.1, 0.15) is 0 Å². The van der Waals surface area contributed by atoms with Gasteiger partial charge in [-0.05, 0) is 34.7 Å². The topological polar surface area (TPSA) is 69.6 Å². The summed E-state index contributed by atoms with van der Waals surface area (Å²) in [5.41, 5.74) is 6.35. The van der Waals surface area contributed by atoms with Gasteiger partial charge in [0.25, 0.3) is 0 Å². The van der Waals surface area contributed by atoms with Crippen molar-refractivity contribution in [1.29, 1.82) is 0 Å². The van der Waals surface area contributed by atoms with Crippen LogP contribution in [0.1, 0.15) is 26.2 Å². The first kappa shape index (κ1) is 13.0. The number of nitrogens with two attached hydrogens (primary N) is 1. The van der Waals surface area contributed by atoms with E-state index in [0.717, 1.165) is 25.0 Å². The first-order valence-electron chi connectivity index (χ1n) is 6.50. The summed E-state index contributed by atoms with van der Waals surface area (Å²) in [6, 6.07) is 1.99. The van der Waals surface area contributed by atoms with E-state index in [9.17, 15) is 8.78 Å². The van der Waals surface area contributed by atoms with Gasteiger partial charge in [-0.15, -0.1) is 5.10 Å². The van der Waals surface area contributed by atoms with Crippen molar-refractivity contribution in [3.8, 4) is 11.4 Å². The van der Waals surface area contributed by atoms with Crippen molar-refractivity contribution in [1.82, 2.24) is 20.2 Å². The quantitative estimate of drug-likeness (QED) is 0.876. The Bertz CT molecular complexity index is 648. The van der Waals surface area contributed by atoms with Crippen LogP contribution in [0.15, 0.2) is 12.1 Å². The number of tetrazole rings is 1. The van der Waals surface area contributed by atoms with Gasteiger partial charge in [0.15, 0.2) is 17.5 Å². The second kappa shape index (κ2) is 4.50. The molecule has 5 nitrogen and oxygen atoms in total. The predicted molar refractivity (Wildman–Crippen MR) is 69.5 cm³/mol. The molecule has 106 valence electrons. The van der Waals surface area contributed by atoms with E-state index in [0.29, 0.717) is 17.9 Å². The molecule has 0 saturated heterocycles. The molecule has 0 spiro atoms. The van der Waals surface area contributed by atoms with Crippen LogP contribution in [0.25, 0.3) is 11.4 Å². The van der Waals surface area contributed by atoms with E-state index in [1.54, 1.807) is 4.68 Å². The molecule has 1 aliphatic carbocycles. The molecule has 1 aromatic carbocycles. The number of benzene rings is 1. The molecule has 7 heteroatoms. The van der Waals surface area contributed by atoms with Crippen molar-refractivity contribution in [3.63, 3.8) is 0 Å². The number of aromatic nitrogens is 4. The summed E-state index contributed by atoms with van der Waals surface area (Å²) >= 11 is 0. The van der Waals surface area contributed by atoms with Gasteiger partial charge in [-0.25, -0.2) is 13.5 Å². The monoisotopic (exact) mass is 279 g/mol. The molecule has 3 rings (SSSR count). The number of rotatable bonds is 3. The van der Waals surface area contributed by atoms with Gasteiger partial charge in [-0.2, -0.15) is 0 Å². The molecule has 1 aromatic heterocycles. The van der Waals surface area contributed by atoms with E-state index in [2.05, 4.69) is 22.4 Å². The fraction of sp³-hybridized carbons (Fsp3) is 0.462. The van der Waals surface area contributed by atoms with Crippen LogP contribution in [0.4, 0.5) is 14.5 Å². The summed E-state index contributed by atoms with van der Waals surface area (Å²) in [4.78, 5) is 0. The molecule has 2 N–H and O–H groups in total. The Morgan fingerprint density at radius 1 is 1.30 bits per heavy atom. The Hall–Kier alpha value is -2.05. The lowest BCUT2D eigenvalue weighted by molar-refractivity contribution is 0.126. The highest BCUT2D eigenvalue weighted by molar-refractivity contribution is 5.71. The third kappa shape index (κ3) is 2.13. The van der Waals surface area contributed by atoms with Gasteiger partial charge in [-0.3, -0.25) is 0 Å². The van der Waals surface area contributed by atoms with E-state index >= 15 is 0 Å². The summed E-state index contributed by atoms with van der Waals surface area (Å²) in [6.07, 6.45) is 3.42. The van der Waals surface area contributed by atoms with Crippen LogP contribution in [0.3, 0.4) is 0 Å². The van der Waals surface area contributed by atoms with Gasteiger partial charge in [-0.1, -0.05) is 13.3 Å². The van der Waals surface area contributed by atoms with Crippen LogP contribution in [0.2, 0.25) is 0 Å². The van der Waals surface area contributed by atoms with Gasteiger partial charge in [0.2, 0.25) is 0 Å². The van der Waals surface area contributed by atoms with Crippen LogP contribution < -0.4 is 5.73 Å². The van der Waals surface area contributed by atoms with E-state index in [4.69, 9.17) is 5.73 Å².